The van der Waals surface area contributed by atoms with E-state index in [2.05, 4.69) is 32.9 Å². The van der Waals surface area contributed by atoms with Crippen LogP contribution in [-0.4, -0.2) is 4.98 Å². The second-order valence-electron chi connectivity index (χ2n) is 3.49. The van der Waals surface area contributed by atoms with Crippen LogP contribution < -0.4 is 5.32 Å². The lowest BCUT2D eigenvalue weighted by Gasteiger charge is -2.08. The van der Waals surface area contributed by atoms with Gasteiger partial charge in [-0.3, -0.25) is 0 Å². The standard InChI is InChI=1S/C11H9ClFIN2S/c1-6-2-9(7(12)3-8(6)13)15-5-11-16-4-10(14)17-11/h2-4,15H,5H2,1H3. The van der Waals surface area contributed by atoms with Gasteiger partial charge in [0.2, 0.25) is 0 Å². The molecule has 90 valence electrons. The highest BCUT2D eigenvalue weighted by Crippen LogP contribution is 2.26. The van der Waals surface area contributed by atoms with E-state index in [4.69, 9.17) is 11.6 Å². The average molecular weight is 383 g/mol. The number of aryl methyl sites for hydroxylation is 1. The lowest BCUT2D eigenvalue weighted by molar-refractivity contribution is 0.619. The molecule has 17 heavy (non-hydrogen) atoms. The summed E-state index contributed by atoms with van der Waals surface area (Å²) in [7, 11) is 0. The first-order chi connectivity index (χ1) is 8.06. The van der Waals surface area contributed by atoms with Crippen LogP contribution in [0.4, 0.5) is 10.1 Å². The summed E-state index contributed by atoms with van der Waals surface area (Å²) in [6, 6.07) is 3.03. The number of halogens is 3. The lowest BCUT2D eigenvalue weighted by Crippen LogP contribution is -2.00. The summed E-state index contributed by atoms with van der Waals surface area (Å²) >= 11 is 9.79. The number of anilines is 1. The van der Waals surface area contributed by atoms with E-state index in [-0.39, 0.29) is 5.82 Å². The number of thiazole rings is 1. The lowest BCUT2D eigenvalue weighted by atomic mass is 10.2. The van der Waals surface area contributed by atoms with Crippen molar-refractivity contribution in [3.05, 3.63) is 42.6 Å². The van der Waals surface area contributed by atoms with E-state index in [0.29, 0.717) is 17.1 Å². The zero-order valence-electron chi connectivity index (χ0n) is 8.93. The summed E-state index contributed by atoms with van der Waals surface area (Å²) < 4.78 is 14.3. The SMILES string of the molecule is Cc1cc(NCc2ncc(I)s2)c(Cl)cc1F. The molecule has 1 aromatic heterocycles. The van der Waals surface area contributed by atoms with Crippen molar-refractivity contribution >= 4 is 51.2 Å². The van der Waals surface area contributed by atoms with E-state index >= 15 is 0 Å². The molecule has 2 rings (SSSR count). The van der Waals surface area contributed by atoms with Crippen molar-refractivity contribution in [3.8, 4) is 0 Å². The molecule has 0 aliphatic rings. The number of hydrogen-bond donors (Lipinski definition) is 1. The third-order valence-electron chi connectivity index (χ3n) is 2.20. The molecule has 1 heterocycles. The normalized spacial score (nSPS) is 10.6. The van der Waals surface area contributed by atoms with E-state index in [9.17, 15) is 4.39 Å². The highest BCUT2D eigenvalue weighted by atomic mass is 127. The van der Waals surface area contributed by atoms with Crippen molar-refractivity contribution in [2.24, 2.45) is 0 Å². The number of rotatable bonds is 3. The fraction of sp³-hybridized carbons (Fsp3) is 0.182. The predicted octanol–water partition coefficient (Wildman–Crippen LogP) is 4.46. The summed E-state index contributed by atoms with van der Waals surface area (Å²) in [4.78, 5) is 4.23. The molecule has 0 saturated carbocycles. The molecule has 0 spiro atoms. The van der Waals surface area contributed by atoms with Gasteiger partial charge in [-0.05, 0) is 47.2 Å². The summed E-state index contributed by atoms with van der Waals surface area (Å²) in [6.45, 7) is 2.31. The quantitative estimate of drug-likeness (QED) is 0.793. The highest BCUT2D eigenvalue weighted by molar-refractivity contribution is 14.1. The van der Waals surface area contributed by atoms with Gasteiger partial charge in [0.05, 0.1) is 26.3 Å². The number of nitrogens with one attached hydrogen (secondary N) is 1. The summed E-state index contributed by atoms with van der Waals surface area (Å²) in [5, 5.41) is 4.52. The summed E-state index contributed by atoms with van der Waals surface area (Å²) in [5.74, 6) is -0.288. The molecular formula is C11H9ClFIN2S. The summed E-state index contributed by atoms with van der Waals surface area (Å²) in [6.07, 6.45) is 1.82. The molecule has 0 unspecified atom stereocenters. The molecule has 0 bridgehead atoms. The Balaban J connectivity index is 2.11. The molecular weight excluding hydrogens is 374 g/mol. The molecule has 0 aliphatic carbocycles. The van der Waals surface area contributed by atoms with Crippen LogP contribution in [0.5, 0.6) is 0 Å². The van der Waals surface area contributed by atoms with Gasteiger partial charge in [0.15, 0.2) is 0 Å². The molecule has 1 aromatic carbocycles. The monoisotopic (exact) mass is 382 g/mol. The van der Waals surface area contributed by atoms with E-state index in [1.807, 2.05) is 6.20 Å². The number of aromatic nitrogens is 1. The Labute approximate surface area is 121 Å². The Morgan fingerprint density at radius 1 is 1.53 bits per heavy atom. The first-order valence-corrected chi connectivity index (χ1v) is 7.13. The second kappa shape index (κ2) is 5.49. The van der Waals surface area contributed by atoms with E-state index in [1.54, 1.807) is 24.3 Å². The van der Waals surface area contributed by atoms with E-state index < -0.39 is 0 Å². The van der Waals surface area contributed by atoms with Crippen molar-refractivity contribution in [1.29, 1.82) is 0 Å². The van der Waals surface area contributed by atoms with E-state index in [1.165, 1.54) is 6.07 Å². The van der Waals surface area contributed by atoms with Gasteiger partial charge in [-0.15, -0.1) is 11.3 Å². The minimum Gasteiger partial charge on any atom is -0.377 e. The summed E-state index contributed by atoms with van der Waals surface area (Å²) in [5.41, 5.74) is 1.31. The number of benzene rings is 1. The van der Waals surface area contributed by atoms with Gasteiger partial charge in [-0.25, -0.2) is 9.37 Å². The highest BCUT2D eigenvalue weighted by Gasteiger charge is 2.06. The third kappa shape index (κ3) is 3.29. The van der Waals surface area contributed by atoms with Gasteiger partial charge in [-0.2, -0.15) is 0 Å². The second-order valence-corrected chi connectivity index (χ2v) is 6.91. The molecule has 0 aliphatic heterocycles. The maximum absolute atomic E-state index is 13.2. The van der Waals surface area contributed by atoms with Crippen molar-refractivity contribution in [2.75, 3.05) is 5.32 Å². The van der Waals surface area contributed by atoms with Crippen LogP contribution in [0.25, 0.3) is 0 Å². The molecule has 0 radical (unpaired) electrons. The molecule has 1 N–H and O–H groups in total. The van der Waals surface area contributed by atoms with Gasteiger partial charge < -0.3 is 5.32 Å². The Morgan fingerprint density at radius 2 is 2.29 bits per heavy atom. The van der Waals surface area contributed by atoms with Crippen molar-refractivity contribution < 1.29 is 4.39 Å². The smallest absolute Gasteiger partial charge is 0.127 e. The van der Waals surface area contributed by atoms with Gasteiger partial charge >= 0.3 is 0 Å². The first kappa shape index (κ1) is 13.0. The zero-order chi connectivity index (χ0) is 12.4. The van der Waals surface area contributed by atoms with Gasteiger partial charge in [0, 0.05) is 0 Å². The van der Waals surface area contributed by atoms with Crippen molar-refractivity contribution in [2.45, 2.75) is 13.5 Å². The van der Waals surface area contributed by atoms with Crippen LogP contribution in [0.3, 0.4) is 0 Å². The van der Waals surface area contributed by atoms with Gasteiger partial charge in [-0.1, -0.05) is 11.6 Å². The molecule has 2 aromatic rings. The van der Waals surface area contributed by atoms with Crippen LogP contribution in [0, 0.1) is 15.6 Å². The molecule has 0 saturated heterocycles. The van der Waals surface area contributed by atoms with Gasteiger partial charge in [0.25, 0.3) is 0 Å². The maximum atomic E-state index is 13.2. The minimum absolute atomic E-state index is 0.288. The molecule has 0 fully saturated rings. The fourth-order valence-electron chi connectivity index (χ4n) is 1.33. The topological polar surface area (TPSA) is 24.9 Å². The molecule has 6 heteroatoms. The Hall–Kier alpha value is -0.400. The number of nitrogens with zero attached hydrogens (tertiary/aromatic N) is 1. The van der Waals surface area contributed by atoms with Crippen molar-refractivity contribution in [1.82, 2.24) is 4.98 Å². The van der Waals surface area contributed by atoms with Crippen LogP contribution in [0.15, 0.2) is 18.3 Å². The van der Waals surface area contributed by atoms with Crippen molar-refractivity contribution in [3.63, 3.8) is 0 Å². The van der Waals surface area contributed by atoms with E-state index in [0.717, 1.165) is 13.6 Å². The molecule has 2 nitrogen and oxygen atoms in total. The van der Waals surface area contributed by atoms with Crippen LogP contribution >= 0.6 is 45.5 Å². The molecule has 0 amide bonds. The zero-order valence-corrected chi connectivity index (χ0v) is 12.7. The minimum atomic E-state index is -0.288. The largest absolute Gasteiger partial charge is 0.377 e. The predicted molar refractivity (Wildman–Crippen MR) is 78.3 cm³/mol. The molecule has 0 atom stereocenters. The Bertz CT molecular complexity index is 544. The van der Waals surface area contributed by atoms with Gasteiger partial charge in [0.1, 0.15) is 10.8 Å². The Morgan fingerprint density at radius 3 is 2.94 bits per heavy atom. The fourth-order valence-corrected chi connectivity index (χ4v) is 3.03. The average Bonchev–Trinajstić information content (AvgIpc) is 2.68. The third-order valence-corrected chi connectivity index (χ3v) is 4.24. The Kier molecular flexibility index (Phi) is 4.22. The first-order valence-electron chi connectivity index (χ1n) is 4.86. The number of hydrogen-bond acceptors (Lipinski definition) is 3. The maximum Gasteiger partial charge on any atom is 0.127 e. The van der Waals surface area contributed by atoms with Crippen LogP contribution in [0.2, 0.25) is 5.02 Å². The van der Waals surface area contributed by atoms with Crippen LogP contribution in [-0.2, 0) is 6.54 Å². The van der Waals surface area contributed by atoms with Crippen LogP contribution in [0.1, 0.15) is 10.6 Å².